The van der Waals surface area contributed by atoms with Crippen molar-refractivity contribution >= 4 is 17.0 Å². The van der Waals surface area contributed by atoms with Crippen molar-refractivity contribution in [2.24, 2.45) is 0 Å². The van der Waals surface area contributed by atoms with E-state index in [4.69, 9.17) is 0 Å². The maximum absolute atomic E-state index is 11.5. The van der Waals surface area contributed by atoms with Crippen LogP contribution in [0.5, 0.6) is 0 Å². The first kappa shape index (κ1) is 30.3. The van der Waals surface area contributed by atoms with Crippen LogP contribution in [0.25, 0.3) is 0 Å². The second-order valence-electron chi connectivity index (χ2n) is 6.05. The van der Waals surface area contributed by atoms with Gasteiger partial charge in [-0.05, 0) is 51.0 Å². The molecular weight excluding hydrogens is 394 g/mol. The first-order valence-corrected chi connectivity index (χ1v) is 12.1. The Morgan fingerprint density at radius 2 is 1.93 bits per heavy atom. The summed E-state index contributed by atoms with van der Waals surface area (Å²) in [7, 11) is 2.50. The molecule has 1 unspecified atom stereocenters. The molecule has 0 aromatic rings. The largest absolute Gasteiger partial charge is 0.323 e. The maximum atomic E-state index is 11.5. The second-order valence-corrected chi connectivity index (χ2v) is 7.43. The zero-order valence-electron chi connectivity index (χ0n) is 20.3. The standard InChI is InChI=1S/C10H14N2O.C10H17NOS.2C2H6/c1-4-6-9-8(5-2)7-12(3)10(13)11-9;1-3-6-9-7-4-5-8-10(9)13(12)11-2;2*1-2/h4-6H,1,7H2,2-3H3,(H,11,13);5,8,11H,3-4,6-7H2,1-2H3;2*1-2H3/b8-5-,9-6+;;;. The Morgan fingerprint density at radius 3 is 2.43 bits per heavy atom. The van der Waals surface area contributed by atoms with E-state index in [1.54, 1.807) is 31.1 Å². The monoisotopic (exact) mass is 437 g/mol. The predicted octanol–water partition coefficient (Wildman–Crippen LogP) is 5.98. The molecule has 30 heavy (non-hydrogen) atoms. The summed E-state index contributed by atoms with van der Waals surface area (Å²) in [5.41, 5.74) is 3.32. The van der Waals surface area contributed by atoms with Crippen LogP contribution in [0, 0.1) is 0 Å². The van der Waals surface area contributed by atoms with Gasteiger partial charge in [0.25, 0.3) is 0 Å². The van der Waals surface area contributed by atoms with E-state index in [-0.39, 0.29) is 6.03 Å². The number of hydrogen-bond donors (Lipinski definition) is 2. The number of rotatable bonds is 5. The highest BCUT2D eigenvalue weighted by Gasteiger charge is 2.20. The minimum atomic E-state index is -1.00. The third kappa shape index (κ3) is 10.7. The average Bonchev–Trinajstić information content (AvgIpc) is 2.79. The van der Waals surface area contributed by atoms with Gasteiger partial charge in [-0.25, -0.2) is 13.7 Å². The van der Waals surface area contributed by atoms with Crippen LogP contribution in [0.1, 0.15) is 67.2 Å². The van der Waals surface area contributed by atoms with Gasteiger partial charge >= 0.3 is 6.03 Å². The Morgan fingerprint density at radius 1 is 1.30 bits per heavy atom. The number of carbonyl (C=O) groups is 1. The lowest BCUT2D eigenvalue weighted by atomic mass is 10.0. The van der Waals surface area contributed by atoms with E-state index in [2.05, 4.69) is 29.6 Å². The summed E-state index contributed by atoms with van der Waals surface area (Å²) in [6, 6.07) is -0.0706. The number of likely N-dealkylation sites (N-methyl/N-ethyl adjacent to an activating group) is 1. The van der Waals surface area contributed by atoms with Gasteiger partial charge in [0, 0.05) is 19.3 Å². The Hall–Kier alpha value is -1.92. The van der Waals surface area contributed by atoms with E-state index in [9.17, 15) is 9.00 Å². The van der Waals surface area contributed by atoms with Gasteiger partial charge in [-0.1, -0.05) is 71.4 Å². The lowest BCUT2D eigenvalue weighted by Gasteiger charge is -2.27. The van der Waals surface area contributed by atoms with Gasteiger partial charge in [0.2, 0.25) is 0 Å². The fraction of sp³-hybridized carbons (Fsp3) is 0.542. The van der Waals surface area contributed by atoms with Crippen LogP contribution in [0.4, 0.5) is 4.79 Å². The highest BCUT2D eigenvalue weighted by atomic mass is 32.2. The summed E-state index contributed by atoms with van der Waals surface area (Å²) in [5, 5.41) is 2.78. The van der Waals surface area contributed by atoms with E-state index < -0.39 is 11.0 Å². The molecule has 2 rings (SSSR count). The van der Waals surface area contributed by atoms with Crippen molar-refractivity contribution in [3.05, 3.63) is 58.7 Å². The van der Waals surface area contributed by atoms with Crippen molar-refractivity contribution in [3.8, 4) is 0 Å². The Bertz CT molecular complexity index is 661. The van der Waals surface area contributed by atoms with Gasteiger partial charge in [0.1, 0.15) is 11.0 Å². The summed E-state index contributed by atoms with van der Waals surface area (Å²) in [6.45, 7) is 16.4. The third-order valence-electron chi connectivity index (χ3n) is 4.14. The number of urea groups is 1. The molecular formula is C24H43N3O2S. The van der Waals surface area contributed by atoms with Crippen LogP contribution in [0.15, 0.2) is 58.7 Å². The van der Waals surface area contributed by atoms with Crippen molar-refractivity contribution in [2.75, 3.05) is 20.6 Å². The summed E-state index contributed by atoms with van der Waals surface area (Å²) in [6.07, 6.45) is 14.0. The molecule has 0 aromatic heterocycles. The lowest BCUT2D eigenvalue weighted by Crippen LogP contribution is -2.44. The number of amides is 2. The Labute approximate surface area is 187 Å². The second kappa shape index (κ2) is 19.1. The molecule has 1 heterocycles. The number of carbonyl (C=O) groups excluding carboxylic acids is 1. The van der Waals surface area contributed by atoms with Gasteiger partial charge in [0.15, 0.2) is 0 Å². The first-order valence-electron chi connectivity index (χ1n) is 11.0. The molecule has 2 amide bonds. The van der Waals surface area contributed by atoms with Crippen LogP contribution in [0.3, 0.4) is 0 Å². The van der Waals surface area contributed by atoms with E-state index in [1.165, 1.54) is 5.57 Å². The summed E-state index contributed by atoms with van der Waals surface area (Å²) in [4.78, 5) is 13.9. The van der Waals surface area contributed by atoms with E-state index >= 15 is 0 Å². The molecule has 1 aliphatic heterocycles. The number of nitrogens with zero attached hydrogens (tertiary/aromatic N) is 1. The zero-order valence-corrected chi connectivity index (χ0v) is 21.1. The molecule has 5 nitrogen and oxygen atoms in total. The van der Waals surface area contributed by atoms with Crippen LogP contribution in [0.2, 0.25) is 0 Å². The lowest BCUT2D eigenvalue weighted by molar-refractivity contribution is 0.211. The minimum absolute atomic E-state index is 0.0706. The maximum Gasteiger partial charge on any atom is 0.321 e. The van der Waals surface area contributed by atoms with Gasteiger partial charge in [-0.2, -0.15) is 0 Å². The minimum Gasteiger partial charge on any atom is -0.323 e. The smallest absolute Gasteiger partial charge is 0.321 e. The molecule has 1 saturated heterocycles. The molecule has 0 spiro atoms. The number of nitrogens with one attached hydrogen (secondary N) is 2. The molecule has 1 fully saturated rings. The number of hydrogen-bond acceptors (Lipinski definition) is 2. The third-order valence-corrected chi connectivity index (χ3v) is 5.34. The molecule has 0 saturated carbocycles. The van der Waals surface area contributed by atoms with Gasteiger partial charge < -0.3 is 10.2 Å². The van der Waals surface area contributed by atoms with Gasteiger partial charge in [-0.3, -0.25) is 0 Å². The topological polar surface area (TPSA) is 61.4 Å². The average molecular weight is 438 g/mol. The quantitative estimate of drug-likeness (QED) is 0.555. The predicted molar refractivity (Wildman–Crippen MR) is 133 cm³/mol. The van der Waals surface area contributed by atoms with Crippen molar-refractivity contribution < 1.29 is 9.00 Å². The van der Waals surface area contributed by atoms with Crippen molar-refractivity contribution in [2.45, 2.75) is 67.2 Å². The van der Waals surface area contributed by atoms with Gasteiger partial charge in [-0.15, -0.1) is 0 Å². The fourth-order valence-electron chi connectivity index (χ4n) is 2.76. The van der Waals surface area contributed by atoms with Crippen LogP contribution in [-0.4, -0.2) is 35.8 Å². The number of allylic oxidation sites excluding steroid dienone is 6. The summed E-state index contributed by atoms with van der Waals surface area (Å²) < 4.78 is 14.3. The van der Waals surface area contributed by atoms with Crippen LogP contribution >= 0.6 is 0 Å². The molecule has 172 valence electrons. The van der Waals surface area contributed by atoms with Crippen molar-refractivity contribution in [1.82, 2.24) is 14.9 Å². The summed E-state index contributed by atoms with van der Waals surface area (Å²) >= 11 is 0. The highest BCUT2D eigenvalue weighted by molar-refractivity contribution is 7.87. The van der Waals surface area contributed by atoms with Crippen molar-refractivity contribution in [1.29, 1.82) is 0 Å². The normalized spacial score (nSPS) is 18.9. The van der Waals surface area contributed by atoms with Gasteiger partial charge in [0.05, 0.1) is 4.91 Å². The Kier molecular flexibility index (Phi) is 19.2. The van der Waals surface area contributed by atoms with Crippen molar-refractivity contribution in [3.63, 3.8) is 0 Å². The molecule has 2 N–H and O–H groups in total. The zero-order chi connectivity index (χ0) is 23.5. The highest BCUT2D eigenvalue weighted by Crippen LogP contribution is 2.24. The molecule has 0 bridgehead atoms. The first-order chi connectivity index (χ1) is 14.5. The van der Waals surface area contributed by atoms with Crippen LogP contribution < -0.4 is 10.0 Å². The molecule has 0 radical (unpaired) electrons. The van der Waals surface area contributed by atoms with E-state index in [0.29, 0.717) is 6.54 Å². The van der Waals surface area contributed by atoms with E-state index in [0.717, 1.165) is 41.9 Å². The molecule has 0 aromatic carbocycles. The SMILES string of the molecule is C=C/C=C1/NC(=O)N(C)C/C1=C/C.CC.CC.CCCC1=C(S(=O)NC)C=CCC1. The Balaban J connectivity index is 0. The molecule has 1 atom stereocenters. The molecule has 2 aliphatic rings. The van der Waals surface area contributed by atoms with Crippen LogP contribution in [-0.2, 0) is 11.0 Å². The molecule has 6 heteroatoms. The summed E-state index contributed by atoms with van der Waals surface area (Å²) in [5.74, 6) is 0. The molecule has 1 aliphatic carbocycles. The van der Waals surface area contributed by atoms with E-state index in [1.807, 2.05) is 46.8 Å². The fourth-order valence-corrected chi connectivity index (χ4v) is 3.66.